The van der Waals surface area contributed by atoms with Crippen molar-refractivity contribution in [3.8, 4) is 0 Å². The minimum Gasteiger partial charge on any atom is -0.396 e. The van der Waals surface area contributed by atoms with Crippen molar-refractivity contribution in [2.45, 2.75) is 51.5 Å². The van der Waals surface area contributed by atoms with E-state index < -0.39 is 0 Å². The third-order valence-corrected chi connectivity index (χ3v) is 4.71. The second-order valence-electron chi connectivity index (χ2n) is 5.40. The summed E-state index contributed by atoms with van der Waals surface area (Å²) in [6.45, 7) is 4.82. The van der Waals surface area contributed by atoms with Crippen LogP contribution in [0.15, 0.2) is 0 Å². The topological polar surface area (TPSA) is 52.6 Å². The molecular formula is C15H30N2O2S. The molecule has 4 nitrogen and oxygen atoms in total. The molecule has 0 aliphatic carbocycles. The Balaban J connectivity index is 2.34. The number of nitrogens with one attached hydrogen (secondary N) is 1. The molecule has 1 amide bonds. The Kier molecular flexibility index (Phi) is 10.1. The summed E-state index contributed by atoms with van der Waals surface area (Å²) in [6, 6.07) is -0.0249. The lowest BCUT2D eigenvalue weighted by molar-refractivity contribution is -0.133. The van der Waals surface area contributed by atoms with E-state index in [1.165, 1.54) is 25.7 Å². The van der Waals surface area contributed by atoms with Gasteiger partial charge in [0.05, 0.1) is 6.04 Å². The molecule has 0 aromatic carbocycles. The Morgan fingerprint density at radius 1 is 1.25 bits per heavy atom. The minimum absolute atomic E-state index is 0.0249. The maximum Gasteiger partial charge on any atom is 0.240 e. The number of carbonyl (C=O) groups excluding carboxylic acids is 1. The first-order valence-electron chi connectivity index (χ1n) is 8.00. The number of carbonyl (C=O) groups is 1. The molecule has 2 N–H and O–H groups in total. The molecule has 0 saturated carbocycles. The van der Waals surface area contributed by atoms with Gasteiger partial charge in [-0.25, -0.2) is 0 Å². The van der Waals surface area contributed by atoms with Crippen LogP contribution in [0.1, 0.15) is 45.4 Å². The van der Waals surface area contributed by atoms with Gasteiger partial charge in [-0.1, -0.05) is 32.6 Å². The molecule has 1 aliphatic rings. The van der Waals surface area contributed by atoms with E-state index in [1.54, 1.807) is 0 Å². The van der Waals surface area contributed by atoms with E-state index in [-0.39, 0.29) is 18.6 Å². The first-order chi connectivity index (χ1) is 9.79. The van der Waals surface area contributed by atoms with E-state index in [1.807, 2.05) is 16.7 Å². The van der Waals surface area contributed by atoms with Gasteiger partial charge in [-0.2, -0.15) is 11.8 Å². The zero-order valence-corrected chi connectivity index (χ0v) is 13.6. The van der Waals surface area contributed by atoms with Gasteiger partial charge in [0.15, 0.2) is 0 Å². The molecule has 118 valence electrons. The van der Waals surface area contributed by atoms with Crippen LogP contribution in [0.25, 0.3) is 0 Å². The molecule has 20 heavy (non-hydrogen) atoms. The highest BCUT2D eigenvalue weighted by molar-refractivity contribution is 7.99. The second-order valence-corrected chi connectivity index (χ2v) is 6.55. The predicted octanol–water partition coefficient (Wildman–Crippen LogP) is 1.87. The lowest BCUT2D eigenvalue weighted by Gasteiger charge is -2.30. The zero-order chi connectivity index (χ0) is 14.6. The fourth-order valence-corrected chi connectivity index (χ4v) is 3.37. The maximum atomic E-state index is 12.5. The molecule has 0 radical (unpaired) electrons. The quantitative estimate of drug-likeness (QED) is 0.605. The third kappa shape index (κ3) is 6.95. The zero-order valence-electron chi connectivity index (χ0n) is 12.8. The van der Waals surface area contributed by atoms with E-state index in [4.69, 9.17) is 5.11 Å². The van der Waals surface area contributed by atoms with Crippen LogP contribution in [0.4, 0.5) is 0 Å². The Morgan fingerprint density at radius 2 is 2.00 bits per heavy atom. The normalized spacial score (nSPS) is 19.0. The molecule has 1 unspecified atom stereocenters. The summed E-state index contributed by atoms with van der Waals surface area (Å²) in [7, 11) is 0. The highest BCUT2D eigenvalue weighted by Gasteiger charge is 2.25. The molecule has 1 fully saturated rings. The van der Waals surface area contributed by atoms with E-state index in [0.717, 1.165) is 31.0 Å². The molecule has 1 heterocycles. The van der Waals surface area contributed by atoms with Gasteiger partial charge in [-0.3, -0.25) is 4.79 Å². The molecule has 5 heteroatoms. The number of hydrogen-bond acceptors (Lipinski definition) is 4. The predicted molar refractivity (Wildman–Crippen MR) is 86.2 cm³/mol. The van der Waals surface area contributed by atoms with Crippen molar-refractivity contribution in [3.63, 3.8) is 0 Å². The first-order valence-corrected chi connectivity index (χ1v) is 9.15. The average Bonchev–Trinajstić information content (AvgIpc) is 2.50. The van der Waals surface area contributed by atoms with E-state index in [9.17, 15) is 4.79 Å². The summed E-state index contributed by atoms with van der Waals surface area (Å²) >= 11 is 1.85. The van der Waals surface area contributed by atoms with Gasteiger partial charge in [0, 0.05) is 37.7 Å². The SMILES string of the molecule is CCCCCCCN(CCCO)C(=O)C1CSCCN1. The minimum atomic E-state index is -0.0249. The third-order valence-electron chi connectivity index (χ3n) is 3.65. The van der Waals surface area contributed by atoms with Crippen LogP contribution in [0.2, 0.25) is 0 Å². The number of thioether (sulfide) groups is 1. The summed E-state index contributed by atoms with van der Waals surface area (Å²) in [5.41, 5.74) is 0. The van der Waals surface area contributed by atoms with Crippen molar-refractivity contribution in [2.75, 3.05) is 37.7 Å². The number of amides is 1. The van der Waals surface area contributed by atoms with Gasteiger partial charge in [0.2, 0.25) is 5.91 Å². The summed E-state index contributed by atoms with van der Waals surface area (Å²) in [5, 5.41) is 12.3. The van der Waals surface area contributed by atoms with Crippen molar-refractivity contribution in [1.29, 1.82) is 0 Å². The van der Waals surface area contributed by atoms with Gasteiger partial charge in [-0.05, 0) is 12.8 Å². The fourth-order valence-electron chi connectivity index (χ4n) is 2.44. The Morgan fingerprint density at radius 3 is 2.65 bits per heavy atom. The summed E-state index contributed by atoms with van der Waals surface area (Å²) in [4.78, 5) is 14.4. The molecule has 0 aromatic heterocycles. The molecule has 0 bridgehead atoms. The molecule has 1 saturated heterocycles. The standard InChI is InChI=1S/C15H30N2O2S/c1-2-3-4-5-6-9-17(10-7-11-18)15(19)14-13-20-12-8-16-14/h14,16,18H,2-13H2,1H3. The first kappa shape index (κ1) is 17.8. The number of aliphatic hydroxyl groups is 1. The summed E-state index contributed by atoms with van der Waals surface area (Å²) in [5.74, 6) is 2.20. The molecular weight excluding hydrogens is 272 g/mol. The molecule has 1 rings (SSSR count). The summed E-state index contributed by atoms with van der Waals surface area (Å²) < 4.78 is 0. The molecule has 1 aliphatic heterocycles. The van der Waals surface area contributed by atoms with Crippen LogP contribution in [0.3, 0.4) is 0 Å². The van der Waals surface area contributed by atoms with Crippen molar-refractivity contribution in [2.24, 2.45) is 0 Å². The van der Waals surface area contributed by atoms with Gasteiger partial charge >= 0.3 is 0 Å². The monoisotopic (exact) mass is 302 g/mol. The van der Waals surface area contributed by atoms with Gasteiger partial charge in [0.25, 0.3) is 0 Å². The van der Waals surface area contributed by atoms with E-state index in [0.29, 0.717) is 13.0 Å². The lowest BCUT2D eigenvalue weighted by Crippen LogP contribution is -2.51. The summed E-state index contributed by atoms with van der Waals surface area (Å²) in [6.07, 6.45) is 6.75. The number of unbranched alkanes of at least 4 members (excludes halogenated alkanes) is 4. The van der Waals surface area contributed by atoms with Crippen molar-refractivity contribution in [3.05, 3.63) is 0 Å². The second kappa shape index (κ2) is 11.4. The Hall–Kier alpha value is -0.260. The highest BCUT2D eigenvalue weighted by Crippen LogP contribution is 2.12. The number of nitrogens with zero attached hydrogens (tertiary/aromatic N) is 1. The van der Waals surface area contributed by atoms with E-state index >= 15 is 0 Å². The fraction of sp³-hybridized carbons (Fsp3) is 0.933. The average molecular weight is 302 g/mol. The number of aliphatic hydroxyl groups excluding tert-OH is 1. The highest BCUT2D eigenvalue weighted by atomic mass is 32.2. The lowest BCUT2D eigenvalue weighted by atomic mass is 10.1. The van der Waals surface area contributed by atoms with Crippen LogP contribution in [0, 0.1) is 0 Å². The van der Waals surface area contributed by atoms with Crippen LogP contribution < -0.4 is 5.32 Å². The Labute approximate surface area is 127 Å². The van der Waals surface area contributed by atoms with Crippen molar-refractivity contribution >= 4 is 17.7 Å². The Bertz CT molecular complexity index is 258. The number of hydrogen-bond donors (Lipinski definition) is 2. The van der Waals surface area contributed by atoms with Crippen LogP contribution in [-0.4, -0.2) is 59.7 Å². The van der Waals surface area contributed by atoms with Crippen molar-refractivity contribution < 1.29 is 9.90 Å². The van der Waals surface area contributed by atoms with E-state index in [2.05, 4.69) is 12.2 Å². The maximum absolute atomic E-state index is 12.5. The van der Waals surface area contributed by atoms with Crippen LogP contribution in [0.5, 0.6) is 0 Å². The van der Waals surface area contributed by atoms with Crippen LogP contribution >= 0.6 is 11.8 Å². The van der Waals surface area contributed by atoms with Gasteiger partial charge in [-0.15, -0.1) is 0 Å². The molecule has 0 spiro atoms. The van der Waals surface area contributed by atoms with Crippen molar-refractivity contribution in [1.82, 2.24) is 10.2 Å². The number of rotatable bonds is 10. The molecule has 1 atom stereocenters. The molecule has 0 aromatic rings. The smallest absolute Gasteiger partial charge is 0.240 e. The van der Waals surface area contributed by atoms with Crippen LogP contribution in [-0.2, 0) is 4.79 Å². The largest absolute Gasteiger partial charge is 0.396 e. The van der Waals surface area contributed by atoms with Gasteiger partial charge < -0.3 is 15.3 Å². The van der Waals surface area contributed by atoms with Gasteiger partial charge in [0.1, 0.15) is 0 Å².